The molecule has 1 saturated carbocycles. The lowest BCUT2D eigenvalue weighted by molar-refractivity contribution is 0.0384. The zero-order valence-corrected chi connectivity index (χ0v) is 12.7. The molecular formula is C15H20BrNO2. The molecular weight excluding hydrogens is 306 g/mol. The van der Waals surface area contributed by atoms with Gasteiger partial charge in [0.1, 0.15) is 0 Å². The van der Waals surface area contributed by atoms with Crippen LogP contribution in [0.25, 0.3) is 0 Å². The molecule has 0 radical (unpaired) electrons. The highest BCUT2D eigenvalue weighted by Gasteiger charge is 2.42. The number of ether oxygens (including phenoxy) is 1. The minimum absolute atomic E-state index is 0.536. The quantitative estimate of drug-likeness (QED) is 0.922. The third kappa shape index (κ3) is 3.19. The molecule has 3 rings (SSSR count). The van der Waals surface area contributed by atoms with Crippen molar-refractivity contribution in [3.8, 4) is 0 Å². The Hall–Kier alpha value is -0.420. The molecule has 1 heterocycles. The van der Waals surface area contributed by atoms with Crippen molar-refractivity contribution in [2.75, 3.05) is 32.8 Å². The number of hydrogen-bond donors (Lipinski definition) is 1. The molecule has 0 atom stereocenters. The van der Waals surface area contributed by atoms with E-state index < -0.39 is 5.60 Å². The first kappa shape index (κ1) is 13.6. The summed E-state index contributed by atoms with van der Waals surface area (Å²) in [5.41, 5.74) is 1.83. The van der Waals surface area contributed by atoms with Crippen LogP contribution in [-0.2, 0) is 16.8 Å². The van der Waals surface area contributed by atoms with Gasteiger partial charge in [-0.05, 0) is 36.5 Å². The maximum absolute atomic E-state index is 10.1. The first-order valence-electron chi connectivity index (χ1n) is 6.99. The fourth-order valence-electron chi connectivity index (χ4n) is 2.55. The normalized spacial score (nSPS) is 22.4. The Bertz CT molecular complexity index is 453. The first-order valence-corrected chi connectivity index (χ1v) is 7.78. The number of aliphatic hydroxyl groups is 1. The topological polar surface area (TPSA) is 32.7 Å². The highest BCUT2D eigenvalue weighted by Crippen LogP contribution is 2.46. The van der Waals surface area contributed by atoms with Gasteiger partial charge in [-0.2, -0.15) is 0 Å². The van der Waals surface area contributed by atoms with Crippen LogP contribution in [0.5, 0.6) is 0 Å². The van der Waals surface area contributed by atoms with Gasteiger partial charge in [-0.15, -0.1) is 0 Å². The summed E-state index contributed by atoms with van der Waals surface area (Å²) in [5.74, 6) is 0. The van der Waals surface area contributed by atoms with Gasteiger partial charge in [-0.1, -0.05) is 28.1 Å². The van der Waals surface area contributed by atoms with Gasteiger partial charge >= 0.3 is 0 Å². The SMILES string of the molecule is OC1(c2ccc(CCN3CCOCC3)c(Br)c2)CC1. The summed E-state index contributed by atoms with van der Waals surface area (Å²) in [7, 11) is 0. The molecule has 1 saturated heterocycles. The fourth-order valence-corrected chi connectivity index (χ4v) is 3.13. The van der Waals surface area contributed by atoms with Crippen LogP contribution >= 0.6 is 15.9 Å². The number of rotatable bonds is 4. The van der Waals surface area contributed by atoms with Crippen LogP contribution < -0.4 is 0 Å². The van der Waals surface area contributed by atoms with Gasteiger partial charge in [0.05, 0.1) is 18.8 Å². The average molecular weight is 326 g/mol. The zero-order valence-electron chi connectivity index (χ0n) is 11.1. The Balaban J connectivity index is 1.61. The van der Waals surface area contributed by atoms with E-state index in [4.69, 9.17) is 4.74 Å². The highest BCUT2D eigenvalue weighted by molar-refractivity contribution is 9.10. The van der Waals surface area contributed by atoms with Crippen molar-refractivity contribution >= 4 is 15.9 Å². The second-order valence-corrected chi connectivity index (χ2v) is 6.40. The average Bonchev–Trinajstić information content (AvgIpc) is 3.18. The maximum Gasteiger partial charge on any atom is 0.0899 e. The van der Waals surface area contributed by atoms with Gasteiger partial charge in [0.25, 0.3) is 0 Å². The summed E-state index contributed by atoms with van der Waals surface area (Å²) < 4.78 is 6.48. The van der Waals surface area contributed by atoms with Crippen LogP contribution in [-0.4, -0.2) is 42.9 Å². The number of benzene rings is 1. The van der Waals surface area contributed by atoms with Crippen LogP contribution in [0.2, 0.25) is 0 Å². The van der Waals surface area contributed by atoms with E-state index in [0.29, 0.717) is 0 Å². The van der Waals surface area contributed by atoms with Gasteiger partial charge in [0.15, 0.2) is 0 Å². The fraction of sp³-hybridized carbons (Fsp3) is 0.600. The molecule has 104 valence electrons. The van der Waals surface area contributed by atoms with Crippen molar-refractivity contribution in [3.05, 3.63) is 33.8 Å². The van der Waals surface area contributed by atoms with E-state index in [-0.39, 0.29) is 0 Å². The lowest BCUT2D eigenvalue weighted by atomic mass is 10.0. The van der Waals surface area contributed by atoms with Crippen LogP contribution in [0.1, 0.15) is 24.0 Å². The summed E-state index contributed by atoms with van der Waals surface area (Å²) in [5, 5.41) is 10.1. The van der Waals surface area contributed by atoms with E-state index in [1.165, 1.54) is 5.56 Å². The highest BCUT2D eigenvalue weighted by atomic mass is 79.9. The lowest BCUT2D eigenvalue weighted by Gasteiger charge is -2.26. The minimum atomic E-state index is -0.536. The molecule has 1 N–H and O–H groups in total. The predicted molar refractivity (Wildman–Crippen MR) is 78.2 cm³/mol. The summed E-state index contributed by atoms with van der Waals surface area (Å²) >= 11 is 3.64. The molecule has 4 heteroatoms. The van der Waals surface area contributed by atoms with Crippen molar-refractivity contribution in [2.45, 2.75) is 24.9 Å². The standard InChI is InChI=1S/C15H20BrNO2/c16-14-11-13(15(18)4-5-15)2-1-12(14)3-6-17-7-9-19-10-8-17/h1-2,11,18H,3-10H2. The van der Waals surface area contributed by atoms with Crippen LogP contribution in [0.3, 0.4) is 0 Å². The largest absolute Gasteiger partial charge is 0.385 e. The van der Waals surface area contributed by atoms with Crippen LogP contribution in [0.15, 0.2) is 22.7 Å². The molecule has 1 aromatic rings. The summed E-state index contributed by atoms with van der Waals surface area (Å²) in [6.07, 6.45) is 2.83. The molecule has 3 nitrogen and oxygen atoms in total. The monoisotopic (exact) mass is 325 g/mol. The first-order chi connectivity index (χ1) is 9.17. The molecule has 1 aromatic carbocycles. The van der Waals surface area contributed by atoms with Crippen LogP contribution in [0.4, 0.5) is 0 Å². The third-order valence-electron chi connectivity index (χ3n) is 4.12. The Morgan fingerprint density at radius 1 is 1.26 bits per heavy atom. The van der Waals surface area contributed by atoms with Gasteiger partial charge in [0.2, 0.25) is 0 Å². The van der Waals surface area contributed by atoms with E-state index in [0.717, 1.165) is 62.1 Å². The van der Waals surface area contributed by atoms with E-state index in [1.807, 2.05) is 0 Å². The van der Waals surface area contributed by atoms with Gasteiger partial charge in [-0.3, -0.25) is 4.90 Å². The van der Waals surface area contributed by atoms with E-state index in [2.05, 4.69) is 39.0 Å². The van der Waals surface area contributed by atoms with Gasteiger partial charge in [-0.25, -0.2) is 0 Å². The molecule has 2 fully saturated rings. The Kier molecular flexibility index (Phi) is 3.94. The zero-order chi connectivity index (χ0) is 13.3. The Labute approximate surface area is 122 Å². The van der Waals surface area contributed by atoms with E-state index in [1.54, 1.807) is 0 Å². The Morgan fingerprint density at radius 3 is 2.63 bits per heavy atom. The minimum Gasteiger partial charge on any atom is -0.385 e. The molecule has 0 unspecified atom stereocenters. The molecule has 0 bridgehead atoms. The molecule has 2 aliphatic rings. The summed E-state index contributed by atoms with van der Waals surface area (Å²) in [4.78, 5) is 2.44. The van der Waals surface area contributed by atoms with Crippen molar-refractivity contribution in [2.24, 2.45) is 0 Å². The molecule has 1 aliphatic carbocycles. The molecule has 0 aromatic heterocycles. The Morgan fingerprint density at radius 2 is 2.00 bits per heavy atom. The van der Waals surface area contributed by atoms with Crippen LogP contribution in [0, 0.1) is 0 Å². The van der Waals surface area contributed by atoms with Crippen molar-refractivity contribution in [3.63, 3.8) is 0 Å². The lowest BCUT2D eigenvalue weighted by Crippen LogP contribution is -2.37. The molecule has 1 aliphatic heterocycles. The van der Waals surface area contributed by atoms with Crippen molar-refractivity contribution in [1.29, 1.82) is 0 Å². The second kappa shape index (κ2) is 5.52. The number of morpholine rings is 1. The second-order valence-electron chi connectivity index (χ2n) is 5.54. The summed E-state index contributed by atoms with van der Waals surface area (Å²) in [6.45, 7) is 4.86. The van der Waals surface area contributed by atoms with E-state index in [9.17, 15) is 5.11 Å². The predicted octanol–water partition coefficient (Wildman–Crippen LogP) is 2.31. The van der Waals surface area contributed by atoms with E-state index >= 15 is 0 Å². The molecule has 0 spiro atoms. The number of nitrogens with zero attached hydrogens (tertiary/aromatic N) is 1. The van der Waals surface area contributed by atoms with Crippen molar-refractivity contribution in [1.82, 2.24) is 4.90 Å². The smallest absolute Gasteiger partial charge is 0.0899 e. The molecule has 19 heavy (non-hydrogen) atoms. The third-order valence-corrected chi connectivity index (χ3v) is 4.85. The number of hydrogen-bond acceptors (Lipinski definition) is 3. The van der Waals surface area contributed by atoms with Gasteiger partial charge in [0, 0.05) is 24.1 Å². The van der Waals surface area contributed by atoms with Gasteiger partial charge < -0.3 is 9.84 Å². The number of halogens is 1. The summed E-state index contributed by atoms with van der Waals surface area (Å²) in [6, 6.07) is 6.31. The van der Waals surface area contributed by atoms with Crippen molar-refractivity contribution < 1.29 is 9.84 Å². The maximum atomic E-state index is 10.1. The molecule has 0 amide bonds.